The number of hydrogen-bond acceptors (Lipinski definition) is 4. The Morgan fingerprint density at radius 1 is 0.304 bits per heavy atom. The van der Waals surface area contributed by atoms with Crippen LogP contribution < -0.4 is 20.7 Å². The molecule has 0 radical (unpaired) electrons. The van der Waals surface area contributed by atoms with Gasteiger partial charge in [0, 0.05) is 53.3 Å². The van der Waals surface area contributed by atoms with Gasteiger partial charge in [-0.25, -0.2) is 15.0 Å². The number of hydrogen-bond donors (Lipinski definition) is 0. The molecule has 0 bridgehead atoms. The summed E-state index contributed by atoms with van der Waals surface area (Å²) in [5.41, 5.74) is 8.30. The van der Waals surface area contributed by atoms with Gasteiger partial charge in [0.05, 0.1) is 11.0 Å². The van der Waals surface area contributed by atoms with Gasteiger partial charge in [-0.2, -0.15) is 0 Å². The second kappa shape index (κ2) is 17.0. The van der Waals surface area contributed by atoms with E-state index in [1.807, 2.05) is 11.3 Å². The molecule has 4 nitrogen and oxygen atoms in total. The number of rotatable bonds is 9. The molecule has 69 heavy (non-hydrogen) atoms. The van der Waals surface area contributed by atoms with Crippen molar-refractivity contribution < 1.29 is 0 Å². The number of nitrogens with zero attached hydrogens (tertiary/aromatic N) is 4. The van der Waals surface area contributed by atoms with E-state index in [4.69, 9.17) is 15.0 Å². The molecule has 0 aliphatic heterocycles. The Hall–Kier alpha value is -8.55. The van der Waals surface area contributed by atoms with Gasteiger partial charge in [-0.05, 0) is 68.3 Å². The highest BCUT2D eigenvalue weighted by molar-refractivity contribution is 7.25. The van der Waals surface area contributed by atoms with Gasteiger partial charge in [0.1, 0.15) is 0 Å². The summed E-state index contributed by atoms with van der Waals surface area (Å²) in [4.78, 5) is 16.1. The average molecular weight is 915 g/mol. The normalized spacial score (nSPS) is 11.8. The standard InChI is InChI=1S/C63H42N4SSi/c1-4-21-47(22-5-1)69(48-23-6-2-7-24-48,49-25-8-3-9-26-49)50-38-35-43(36-39-50)61-64-62(45-19-18-20-46(41-45)67-57-32-15-12-28-52(57)53-29-13-16-33-58(53)67)66-63(65-61)56-31-11-10-27-51(56)44-37-40-55-54-30-14-17-34-59(54)68-60(55)42-44/h1-42H. The summed E-state index contributed by atoms with van der Waals surface area (Å²) >= 11 is 1.83. The molecule has 0 aliphatic rings. The largest absolute Gasteiger partial charge is 0.309 e. The lowest BCUT2D eigenvalue weighted by molar-refractivity contribution is 1.07. The van der Waals surface area contributed by atoms with Crippen molar-refractivity contribution in [2.45, 2.75) is 0 Å². The topological polar surface area (TPSA) is 43.6 Å². The molecule has 6 heteroatoms. The van der Waals surface area contributed by atoms with Crippen LogP contribution in [0.3, 0.4) is 0 Å². The summed E-state index contributed by atoms with van der Waals surface area (Å²) in [6.07, 6.45) is 0. The van der Waals surface area contributed by atoms with E-state index < -0.39 is 8.07 Å². The van der Waals surface area contributed by atoms with Crippen molar-refractivity contribution in [2.24, 2.45) is 0 Å². The fourth-order valence-corrected chi connectivity index (χ4v) is 16.4. The van der Waals surface area contributed by atoms with Crippen LogP contribution in [0.1, 0.15) is 0 Å². The van der Waals surface area contributed by atoms with Gasteiger partial charge in [-0.15, -0.1) is 11.3 Å². The van der Waals surface area contributed by atoms with Gasteiger partial charge in [0.25, 0.3) is 0 Å². The number of benzene rings is 10. The highest BCUT2D eigenvalue weighted by Gasteiger charge is 2.41. The molecular formula is C63H42N4SSi. The van der Waals surface area contributed by atoms with E-state index in [2.05, 4.69) is 259 Å². The lowest BCUT2D eigenvalue weighted by atomic mass is 9.98. The fourth-order valence-electron chi connectivity index (χ4n) is 10.5. The summed E-state index contributed by atoms with van der Waals surface area (Å²) in [5, 5.41) is 10.3. The molecule has 0 amide bonds. The molecule has 13 rings (SSSR count). The molecule has 324 valence electrons. The van der Waals surface area contributed by atoms with E-state index in [0.29, 0.717) is 17.5 Å². The Morgan fingerprint density at radius 3 is 1.42 bits per heavy atom. The van der Waals surface area contributed by atoms with Crippen molar-refractivity contribution in [3.8, 4) is 51.0 Å². The summed E-state index contributed by atoms with van der Waals surface area (Å²) in [5.74, 6) is 1.85. The Bertz CT molecular complexity index is 3860. The lowest BCUT2D eigenvalue weighted by Crippen LogP contribution is -2.74. The molecule has 3 aromatic heterocycles. The van der Waals surface area contributed by atoms with Crippen LogP contribution in [0, 0.1) is 0 Å². The molecule has 13 aromatic rings. The van der Waals surface area contributed by atoms with Crippen LogP contribution >= 0.6 is 11.3 Å². The Kier molecular flexibility index (Phi) is 10.00. The fraction of sp³-hybridized carbons (Fsp3) is 0. The second-order valence-electron chi connectivity index (χ2n) is 17.5. The van der Waals surface area contributed by atoms with Gasteiger partial charge >= 0.3 is 0 Å². The van der Waals surface area contributed by atoms with Gasteiger partial charge < -0.3 is 4.57 Å². The SMILES string of the molecule is c1ccc([Si](c2ccccc2)(c2ccccc2)c2ccc(-c3nc(-c4cccc(-n5c6ccccc6c6ccccc65)c4)nc(-c4ccccc4-c4ccc5c(c4)sc4ccccc45)n3)cc2)cc1. The second-order valence-corrected chi connectivity index (χ2v) is 22.4. The first-order chi connectivity index (χ1) is 34.2. The lowest BCUT2D eigenvalue weighted by Gasteiger charge is -2.34. The smallest absolute Gasteiger partial charge is 0.179 e. The maximum Gasteiger partial charge on any atom is 0.179 e. The van der Waals surface area contributed by atoms with Gasteiger partial charge in [0.2, 0.25) is 0 Å². The molecule has 0 saturated carbocycles. The third-order valence-corrected chi connectivity index (χ3v) is 19.6. The molecule has 0 saturated heterocycles. The van der Waals surface area contributed by atoms with Crippen molar-refractivity contribution in [2.75, 3.05) is 0 Å². The zero-order chi connectivity index (χ0) is 45.7. The number of para-hydroxylation sites is 2. The maximum absolute atomic E-state index is 5.39. The monoisotopic (exact) mass is 914 g/mol. The summed E-state index contributed by atoms with van der Waals surface area (Å²) in [6.45, 7) is 0. The Labute approximate surface area is 405 Å². The van der Waals surface area contributed by atoms with Crippen LogP contribution in [0.4, 0.5) is 0 Å². The molecular weight excluding hydrogens is 873 g/mol. The summed E-state index contributed by atoms with van der Waals surface area (Å²) < 4.78 is 4.89. The third-order valence-electron chi connectivity index (χ3n) is 13.6. The molecule has 0 unspecified atom stereocenters. The molecule has 0 fully saturated rings. The predicted octanol–water partition coefficient (Wildman–Crippen LogP) is 13.4. The Morgan fingerprint density at radius 2 is 0.783 bits per heavy atom. The number of aromatic nitrogens is 4. The highest BCUT2D eigenvalue weighted by atomic mass is 32.1. The minimum atomic E-state index is -2.75. The van der Waals surface area contributed by atoms with Crippen molar-refractivity contribution in [3.63, 3.8) is 0 Å². The first-order valence-electron chi connectivity index (χ1n) is 23.3. The molecule has 0 atom stereocenters. The minimum absolute atomic E-state index is 0.609. The number of fused-ring (bicyclic) bond motifs is 6. The Balaban J connectivity index is 0.998. The minimum Gasteiger partial charge on any atom is -0.309 e. The van der Waals surface area contributed by atoms with Crippen molar-refractivity contribution >= 4 is 82.1 Å². The molecule has 0 aliphatic carbocycles. The van der Waals surface area contributed by atoms with E-state index in [-0.39, 0.29) is 0 Å². The van der Waals surface area contributed by atoms with Crippen molar-refractivity contribution in [3.05, 3.63) is 255 Å². The van der Waals surface area contributed by atoms with Gasteiger partial charge in [0.15, 0.2) is 25.5 Å². The third kappa shape index (κ3) is 6.91. The van der Waals surface area contributed by atoms with Crippen molar-refractivity contribution in [1.82, 2.24) is 19.5 Å². The quantitative estimate of drug-likeness (QED) is 0.107. The van der Waals surface area contributed by atoms with Crippen LogP contribution in [0.2, 0.25) is 0 Å². The molecule has 3 heterocycles. The predicted molar refractivity (Wildman–Crippen MR) is 292 cm³/mol. The first-order valence-corrected chi connectivity index (χ1v) is 26.2. The van der Waals surface area contributed by atoms with Gasteiger partial charge in [-0.1, -0.05) is 218 Å². The van der Waals surface area contributed by atoms with E-state index in [9.17, 15) is 0 Å². The molecule has 0 spiro atoms. The molecule has 10 aromatic carbocycles. The van der Waals surface area contributed by atoms with Crippen molar-refractivity contribution in [1.29, 1.82) is 0 Å². The van der Waals surface area contributed by atoms with Crippen LogP contribution in [0.15, 0.2) is 255 Å². The zero-order valence-corrected chi connectivity index (χ0v) is 39.3. The number of thiophene rings is 1. The van der Waals surface area contributed by atoms with E-state index >= 15 is 0 Å². The van der Waals surface area contributed by atoms with Gasteiger partial charge in [-0.3, -0.25) is 0 Å². The summed E-state index contributed by atoms with van der Waals surface area (Å²) in [6, 6.07) is 92.0. The van der Waals surface area contributed by atoms with E-state index in [1.54, 1.807) is 0 Å². The summed E-state index contributed by atoms with van der Waals surface area (Å²) in [7, 11) is -2.75. The molecule has 0 N–H and O–H groups in total. The van der Waals surface area contributed by atoms with Crippen LogP contribution in [-0.4, -0.2) is 27.6 Å². The first kappa shape index (κ1) is 40.7. The van der Waals surface area contributed by atoms with E-state index in [0.717, 1.165) is 44.5 Å². The van der Waals surface area contributed by atoms with Crippen LogP contribution in [-0.2, 0) is 0 Å². The zero-order valence-electron chi connectivity index (χ0n) is 37.4. The van der Waals surface area contributed by atoms with Crippen LogP contribution in [0.5, 0.6) is 0 Å². The van der Waals surface area contributed by atoms with Crippen LogP contribution in [0.25, 0.3) is 93.0 Å². The average Bonchev–Trinajstić information content (AvgIpc) is 3.98. The van der Waals surface area contributed by atoms with E-state index in [1.165, 1.54) is 51.7 Å². The maximum atomic E-state index is 5.39. The highest BCUT2D eigenvalue weighted by Crippen LogP contribution is 2.39.